The maximum Gasteiger partial charge on any atom is 0.0574 e. The lowest BCUT2D eigenvalue weighted by molar-refractivity contribution is 0.145. The summed E-state index contributed by atoms with van der Waals surface area (Å²) in [6.45, 7) is 5.13. The van der Waals surface area contributed by atoms with E-state index in [9.17, 15) is 5.11 Å². The van der Waals surface area contributed by atoms with Gasteiger partial charge in [0.1, 0.15) is 0 Å². The predicted molar refractivity (Wildman–Crippen MR) is 78.5 cm³/mol. The Morgan fingerprint density at radius 3 is 2.58 bits per heavy atom. The van der Waals surface area contributed by atoms with Crippen molar-refractivity contribution in [2.24, 2.45) is 0 Å². The predicted octanol–water partition coefficient (Wildman–Crippen LogP) is 2.21. The molecule has 0 unspecified atom stereocenters. The fourth-order valence-electron chi connectivity index (χ4n) is 2.84. The largest absolute Gasteiger partial charge is 0.393 e. The number of aliphatic hydroxyl groups is 1. The van der Waals surface area contributed by atoms with Crippen molar-refractivity contribution in [1.82, 2.24) is 5.32 Å². The average Bonchev–Trinajstić information content (AvgIpc) is 3.22. The van der Waals surface area contributed by atoms with Gasteiger partial charge in [-0.15, -0.1) is 0 Å². The van der Waals surface area contributed by atoms with Crippen molar-refractivity contribution in [3.05, 3.63) is 29.3 Å². The molecule has 1 heterocycles. The van der Waals surface area contributed by atoms with Gasteiger partial charge in [-0.3, -0.25) is 0 Å². The third-order valence-electron chi connectivity index (χ3n) is 4.24. The molecule has 1 aromatic rings. The summed E-state index contributed by atoms with van der Waals surface area (Å²) in [5.41, 5.74) is 4.07. The maximum atomic E-state index is 9.58. The van der Waals surface area contributed by atoms with Crippen LogP contribution in [-0.2, 0) is 6.54 Å². The fourth-order valence-corrected chi connectivity index (χ4v) is 2.84. The molecule has 2 N–H and O–H groups in total. The first-order chi connectivity index (χ1) is 9.22. The third kappa shape index (κ3) is 3.28. The quantitative estimate of drug-likeness (QED) is 0.871. The summed E-state index contributed by atoms with van der Waals surface area (Å²) in [6.07, 6.45) is 4.37. The number of anilines is 1. The van der Waals surface area contributed by atoms with Crippen LogP contribution in [0.25, 0.3) is 0 Å². The van der Waals surface area contributed by atoms with Crippen LogP contribution in [0.4, 0.5) is 5.69 Å². The summed E-state index contributed by atoms with van der Waals surface area (Å²) >= 11 is 0. The topological polar surface area (TPSA) is 35.5 Å². The molecule has 0 spiro atoms. The van der Waals surface area contributed by atoms with Gasteiger partial charge in [0.05, 0.1) is 6.10 Å². The molecule has 3 nitrogen and oxygen atoms in total. The van der Waals surface area contributed by atoms with Crippen molar-refractivity contribution in [3.63, 3.8) is 0 Å². The van der Waals surface area contributed by atoms with Crippen LogP contribution in [0.15, 0.2) is 18.2 Å². The lowest BCUT2D eigenvalue weighted by Gasteiger charge is -2.32. The molecular formula is C16H24N2O. The second-order valence-corrected chi connectivity index (χ2v) is 5.99. The van der Waals surface area contributed by atoms with Crippen LogP contribution < -0.4 is 10.2 Å². The minimum absolute atomic E-state index is 0.0985. The molecule has 2 fully saturated rings. The van der Waals surface area contributed by atoms with Gasteiger partial charge in [-0.2, -0.15) is 0 Å². The molecule has 1 saturated carbocycles. The zero-order valence-electron chi connectivity index (χ0n) is 11.7. The van der Waals surface area contributed by atoms with Crippen molar-refractivity contribution in [1.29, 1.82) is 0 Å². The van der Waals surface area contributed by atoms with Gasteiger partial charge >= 0.3 is 0 Å². The van der Waals surface area contributed by atoms with E-state index in [2.05, 4.69) is 35.3 Å². The molecule has 1 aromatic carbocycles. The average molecular weight is 260 g/mol. The first-order valence-corrected chi connectivity index (χ1v) is 7.48. The van der Waals surface area contributed by atoms with Gasteiger partial charge in [0.2, 0.25) is 0 Å². The Balaban J connectivity index is 1.64. The molecule has 1 aliphatic carbocycles. The highest BCUT2D eigenvalue weighted by atomic mass is 16.3. The molecular weight excluding hydrogens is 236 g/mol. The second-order valence-electron chi connectivity index (χ2n) is 5.99. The van der Waals surface area contributed by atoms with E-state index in [0.717, 1.165) is 38.5 Å². The number of aliphatic hydroxyl groups excluding tert-OH is 1. The van der Waals surface area contributed by atoms with E-state index in [-0.39, 0.29) is 6.10 Å². The van der Waals surface area contributed by atoms with Gasteiger partial charge in [0, 0.05) is 31.4 Å². The summed E-state index contributed by atoms with van der Waals surface area (Å²) in [6, 6.07) is 7.55. The van der Waals surface area contributed by atoms with E-state index in [4.69, 9.17) is 0 Å². The van der Waals surface area contributed by atoms with Gasteiger partial charge in [0.25, 0.3) is 0 Å². The number of aryl methyl sites for hydroxylation is 1. The van der Waals surface area contributed by atoms with E-state index < -0.39 is 0 Å². The standard InChI is InChI=1S/C16H24N2O/c1-12-10-13(11-17-14-3-4-14)2-5-16(12)18-8-6-15(19)7-9-18/h2,5,10,14-15,17,19H,3-4,6-9,11H2,1H3. The minimum Gasteiger partial charge on any atom is -0.393 e. The molecule has 2 aliphatic rings. The Morgan fingerprint density at radius 1 is 1.21 bits per heavy atom. The van der Waals surface area contributed by atoms with Crippen LogP contribution in [-0.4, -0.2) is 30.3 Å². The molecule has 0 atom stereocenters. The highest BCUT2D eigenvalue weighted by Gasteiger charge is 2.21. The third-order valence-corrected chi connectivity index (χ3v) is 4.24. The van der Waals surface area contributed by atoms with Crippen LogP contribution in [0.5, 0.6) is 0 Å². The summed E-state index contributed by atoms with van der Waals surface area (Å²) in [5.74, 6) is 0. The van der Waals surface area contributed by atoms with Crippen LogP contribution in [0.1, 0.15) is 36.8 Å². The monoisotopic (exact) mass is 260 g/mol. The number of rotatable bonds is 4. The summed E-state index contributed by atoms with van der Waals surface area (Å²) in [4.78, 5) is 2.40. The van der Waals surface area contributed by atoms with Crippen LogP contribution in [0.3, 0.4) is 0 Å². The summed E-state index contributed by atoms with van der Waals surface area (Å²) in [5, 5.41) is 13.1. The number of nitrogens with zero attached hydrogens (tertiary/aromatic N) is 1. The number of hydrogen-bond acceptors (Lipinski definition) is 3. The first kappa shape index (κ1) is 12.9. The maximum absolute atomic E-state index is 9.58. The molecule has 0 amide bonds. The van der Waals surface area contributed by atoms with Crippen molar-refractivity contribution >= 4 is 5.69 Å². The Morgan fingerprint density at radius 2 is 1.95 bits per heavy atom. The minimum atomic E-state index is -0.0985. The molecule has 3 rings (SSSR count). The van der Waals surface area contributed by atoms with E-state index in [1.165, 1.54) is 29.7 Å². The van der Waals surface area contributed by atoms with E-state index in [1.54, 1.807) is 0 Å². The van der Waals surface area contributed by atoms with Gasteiger partial charge < -0.3 is 15.3 Å². The van der Waals surface area contributed by atoms with Crippen molar-refractivity contribution < 1.29 is 5.11 Å². The molecule has 0 bridgehead atoms. The number of benzene rings is 1. The number of nitrogens with one attached hydrogen (secondary N) is 1. The van der Waals surface area contributed by atoms with Gasteiger partial charge in [0.15, 0.2) is 0 Å². The molecule has 19 heavy (non-hydrogen) atoms. The Hall–Kier alpha value is -1.06. The SMILES string of the molecule is Cc1cc(CNC2CC2)ccc1N1CCC(O)CC1. The fraction of sp³-hybridized carbons (Fsp3) is 0.625. The molecule has 0 aromatic heterocycles. The lowest BCUT2D eigenvalue weighted by atomic mass is 10.0. The Labute approximate surface area is 115 Å². The van der Waals surface area contributed by atoms with Gasteiger partial charge in [-0.25, -0.2) is 0 Å². The van der Waals surface area contributed by atoms with E-state index >= 15 is 0 Å². The van der Waals surface area contributed by atoms with Crippen LogP contribution in [0, 0.1) is 6.92 Å². The van der Waals surface area contributed by atoms with Gasteiger partial charge in [-0.05, 0) is 49.8 Å². The zero-order valence-corrected chi connectivity index (χ0v) is 11.7. The van der Waals surface area contributed by atoms with E-state index in [1.807, 2.05) is 0 Å². The van der Waals surface area contributed by atoms with Crippen molar-refractivity contribution in [2.45, 2.75) is 51.3 Å². The summed E-state index contributed by atoms with van der Waals surface area (Å²) in [7, 11) is 0. The highest BCUT2D eigenvalue weighted by molar-refractivity contribution is 5.54. The van der Waals surface area contributed by atoms with Crippen LogP contribution in [0.2, 0.25) is 0 Å². The zero-order chi connectivity index (χ0) is 13.2. The normalized spacial score (nSPS) is 20.8. The van der Waals surface area contributed by atoms with E-state index in [0.29, 0.717) is 0 Å². The second kappa shape index (κ2) is 5.51. The lowest BCUT2D eigenvalue weighted by Crippen LogP contribution is -2.36. The Kier molecular flexibility index (Phi) is 3.76. The van der Waals surface area contributed by atoms with Gasteiger partial charge in [-0.1, -0.05) is 12.1 Å². The molecule has 0 radical (unpaired) electrons. The molecule has 3 heteroatoms. The van der Waals surface area contributed by atoms with Crippen molar-refractivity contribution in [3.8, 4) is 0 Å². The van der Waals surface area contributed by atoms with Crippen molar-refractivity contribution in [2.75, 3.05) is 18.0 Å². The molecule has 1 saturated heterocycles. The summed E-state index contributed by atoms with van der Waals surface area (Å²) < 4.78 is 0. The number of hydrogen-bond donors (Lipinski definition) is 2. The molecule has 104 valence electrons. The molecule has 1 aliphatic heterocycles. The Bertz CT molecular complexity index is 434. The number of piperidine rings is 1. The first-order valence-electron chi connectivity index (χ1n) is 7.48. The highest BCUT2D eigenvalue weighted by Crippen LogP contribution is 2.25. The van der Waals surface area contributed by atoms with Crippen LogP contribution >= 0.6 is 0 Å². The smallest absolute Gasteiger partial charge is 0.0574 e.